The van der Waals surface area contributed by atoms with Gasteiger partial charge in [-0.3, -0.25) is 4.40 Å². The molecule has 4 aromatic carbocycles. The van der Waals surface area contributed by atoms with Gasteiger partial charge in [-0.1, -0.05) is 48.5 Å². The van der Waals surface area contributed by atoms with Crippen molar-refractivity contribution in [1.82, 2.24) is 14.4 Å². The van der Waals surface area contributed by atoms with Crippen molar-refractivity contribution >= 4 is 38.5 Å². The highest BCUT2D eigenvalue weighted by Crippen LogP contribution is 2.49. The summed E-state index contributed by atoms with van der Waals surface area (Å²) < 4.78 is 2.23. The van der Waals surface area contributed by atoms with Crippen molar-refractivity contribution in [2.45, 2.75) is 12.8 Å². The summed E-state index contributed by atoms with van der Waals surface area (Å²) in [5, 5.41) is 3.59. The van der Waals surface area contributed by atoms with Gasteiger partial charge in [0.2, 0.25) is 0 Å². The number of para-hydroxylation sites is 2. The van der Waals surface area contributed by atoms with Crippen molar-refractivity contribution in [2.75, 3.05) is 0 Å². The van der Waals surface area contributed by atoms with E-state index in [1.165, 1.54) is 60.7 Å². The quantitative estimate of drug-likeness (QED) is 0.229. The number of rotatable bonds is 0. The molecule has 2 aliphatic rings. The molecular formula is C32H19N3. The molecule has 9 rings (SSSR count). The molecule has 0 fully saturated rings. The van der Waals surface area contributed by atoms with Crippen molar-refractivity contribution < 1.29 is 0 Å². The second-order valence-electron chi connectivity index (χ2n) is 9.83. The van der Waals surface area contributed by atoms with E-state index >= 15 is 0 Å². The van der Waals surface area contributed by atoms with E-state index in [2.05, 4.69) is 83.3 Å². The minimum Gasteiger partial charge on any atom is -0.276 e. The van der Waals surface area contributed by atoms with Crippen molar-refractivity contribution in [3.05, 3.63) is 113 Å². The lowest BCUT2D eigenvalue weighted by molar-refractivity contribution is 1.23. The second kappa shape index (κ2) is 6.13. The van der Waals surface area contributed by atoms with Gasteiger partial charge in [0.15, 0.2) is 0 Å². The van der Waals surface area contributed by atoms with Crippen molar-refractivity contribution in [1.29, 1.82) is 0 Å². The zero-order chi connectivity index (χ0) is 22.7. The molecule has 0 N–H and O–H groups in total. The Bertz CT molecular complexity index is 2060. The van der Waals surface area contributed by atoms with E-state index in [0.29, 0.717) is 0 Å². The van der Waals surface area contributed by atoms with Crippen molar-refractivity contribution in [3.63, 3.8) is 0 Å². The van der Waals surface area contributed by atoms with Crippen LogP contribution < -0.4 is 0 Å². The molecule has 35 heavy (non-hydrogen) atoms. The molecular weight excluding hydrogens is 426 g/mol. The van der Waals surface area contributed by atoms with E-state index in [1.54, 1.807) is 0 Å². The molecule has 3 heterocycles. The van der Waals surface area contributed by atoms with Crippen molar-refractivity contribution in [3.8, 4) is 22.3 Å². The summed E-state index contributed by atoms with van der Waals surface area (Å²) in [6, 6.07) is 31.0. The summed E-state index contributed by atoms with van der Waals surface area (Å²) in [4.78, 5) is 9.89. The van der Waals surface area contributed by atoms with Crippen LogP contribution in [0.5, 0.6) is 0 Å². The summed E-state index contributed by atoms with van der Waals surface area (Å²) in [5.74, 6) is 0. The lowest BCUT2D eigenvalue weighted by atomic mass is 9.95. The number of nitrogens with zero attached hydrogens (tertiary/aromatic N) is 3. The molecule has 7 aromatic rings. The molecule has 0 spiro atoms. The van der Waals surface area contributed by atoms with E-state index in [0.717, 1.165) is 35.2 Å². The first-order valence-electron chi connectivity index (χ1n) is 12.2. The Hall–Kier alpha value is -4.50. The first kappa shape index (κ1) is 17.9. The average molecular weight is 446 g/mol. The van der Waals surface area contributed by atoms with Gasteiger partial charge in [0.1, 0.15) is 11.3 Å². The van der Waals surface area contributed by atoms with Gasteiger partial charge in [0.25, 0.3) is 0 Å². The molecule has 162 valence electrons. The lowest BCUT2D eigenvalue weighted by Gasteiger charge is -2.11. The topological polar surface area (TPSA) is 30.2 Å². The van der Waals surface area contributed by atoms with E-state index in [4.69, 9.17) is 9.97 Å². The number of hydrogen-bond donors (Lipinski definition) is 0. The predicted molar refractivity (Wildman–Crippen MR) is 142 cm³/mol. The molecule has 0 aliphatic heterocycles. The Morgan fingerprint density at radius 2 is 1.51 bits per heavy atom. The Kier molecular flexibility index (Phi) is 3.14. The van der Waals surface area contributed by atoms with Crippen LogP contribution in [0.2, 0.25) is 0 Å². The van der Waals surface area contributed by atoms with Crippen LogP contribution in [0.25, 0.3) is 60.7 Å². The first-order chi connectivity index (χ1) is 17.3. The molecule has 0 amide bonds. The Morgan fingerprint density at radius 1 is 0.600 bits per heavy atom. The van der Waals surface area contributed by atoms with Crippen LogP contribution in [0.3, 0.4) is 0 Å². The SMILES string of the molecule is c1ccc2c(c1)Cc1ccc3c(c1-2)Cc1cc2c(cc1-3)c1cccnc1n1c3ccccc3nc21. The monoisotopic (exact) mass is 445 g/mol. The van der Waals surface area contributed by atoms with Gasteiger partial charge in [-0.2, -0.15) is 0 Å². The van der Waals surface area contributed by atoms with Gasteiger partial charge in [-0.05, 0) is 99.1 Å². The summed E-state index contributed by atoms with van der Waals surface area (Å²) in [5.41, 5.74) is 15.4. The molecule has 3 aromatic heterocycles. The van der Waals surface area contributed by atoms with Crippen LogP contribution in [0.4, 0.5) is 0 Å². The maximum Gasteiger partial charge on any atom is 0.147 e. The fourth-order valence-corrected chi connectivity index (χ4v) is 6.58. The highest BCUT2D eigenvalue weighted by Gasteiger charge is 2.29. The number of fused-ring (bicyclic) bond motifs is 15. The highest BCUT2D eigenvalue weighted by molar-refractivity contribution is 6.14. The van der Waals surface area contributed by atoms with Gasteiger partial charge in [-0.15, -0.1) is 0 Å². The van der Waals surface area contributed by atoms with E-state index in [-0.39, 0.29) is 0 Å². The number of imidazole rings is 1. The van der Waals surface area contributed by atoms with Crippen LogP contribution in [-0.2, 0) is 12.8 Å². The Balaban J connectivity index is 1.40. The fourth-order valence-electron chi connectivity index (χ4n) is 6.58. The summed E-state index contributed by atoms with van der Waals surface area (Å²) in [7, 11) is 0. The fraction of sp³-hybridized carbons (Fsp3) is 0.0625. The molecule has 2 aliphatic carbocycles. The lowest BCUT2D eigenvalue weighted by Crippen LogP contribution is -1.94. The zero-order valence-corrected chi connectivity index (χ0v) is 18.9. The average Bonchev–Trinajstić information content (AvgIpc) is 3.58. The summed E-state index contributed by atoms with van der Waals surface area (Å²) in [6.45, 7) is 0. The molecule has 0 saturated carbocycles. The molecule has 0 radical (unpaired) electrons. The van der Waals surface area contributed by atoms with Crippen LogP contribution in [-0.4, -0.2) is 14.4 Å². The molecule has 0 bridgehead atoms. The third-order valence-corrected chi connectivity index (χ3v) is 8.06. The molecule has 3 heteroatoms. The largest absolute Gasteiger partial charge is 0.276 e. The number of aromatic nitrogens is 3. The number of benzene rings is 4. The maximum atomic E-state index is 5.08. The van der Waals surface area contributed by atoms with Gasteiger partial charge in [-0.25, -0.2) is 9.97 Å². The number of hydrogen-bond acceptors (Lipinski definition) is 2. The first-order valence-corrected chi connectivity index (χ1v) is 12.2. The number of pyridine rings is 2. The third kappa shape index (κ3) is 2.17. The Morgan fingerprint density at radius 3 is 2.51 bits per heavy atom. The van der Waals surface area contributed by atoms with Gasteiger partial charge in [0, 0.05) is 17.0 Å². The van der Waals surface area contributed by atoms with Crippen LogP contribution >= 0.6 is 0 Å². The maximum absolute atomic E-state index is 5.08. The zero-order valence-electron chi connectivity index (χ0n) is 18.9. The highest BCUT2D eigenvalue weighted by atomic mass is 15.1. The molecule has 0 saturated heterocycles. The second-order valence-corrected chi connectivity index (χ2v) is 9.83. The van der Waals surface area contributed by atoms with E-state index in [1.807, 2.05) is 12.3 Å². The minimum absolute atomic E-state index is 0.963. The standard InChI is InChI=1S/C32H19N3/c1-2-7-21-18(6-1)14-19-11-12-22-24-17-25-23-8-5-13-33-31(23)35-29-10-4-3-9-28(29)34-32(35)27(25)16-20(24)15-26(22)30(19)21/h1-13,16-17H,14-15H2. The Labute approximate surface area is 201 Å². The van der Waals surface area contributed by atoms with Gasteiger partial charge in [0.05, 0.1) is 11.0 Å². The van der Waals surface area contributed by atoms with E-state index < -0.39 is 0 Å². The smallest absolute Gasteiger partial charge is 0.147 e. The van der Waals surface area contributed by atoms with E-state index in [9.17, 15) is 0 Å². The van der Waals surface area contributed by atoms with Gasteiger partial charge < -0.3 is 0 Å². The molecule has 0 unspecified atom stereocenters. The normalized spacial score (nSPS) is 13.5. The molecule has 0 atom stereocenters. The van der Waals surface area contributed by atoms with Crippen LogP contribution in [0.15, 0.2) is 91.1 Å². The van der Waals surface area contributed by atoms with Crippen molar-refractivity contribution in [2.24, 2.45) is 0 Å². The minimum atomic E-state index is 0.963. The summed E-state index contributed by atoms with van der Waals surface area (Å²) in [6.07, 6.45) is 3.88. The predicted octanol–water partition coefficient (Wildman–Crippen LogP) is 7.33. The van der Waals surface area contributed by atoms with Gasteiger partial charge >= 0.3 is 0 Å². The summed E-state index contributed by atoms with van der Waals surface area (Å²) >= 11 is 0. The van der Waals surface area contributed by atoms with Crippen LogP contribution in [0.1, 0.15) is 22.3 Å². The van der Waals surface area contributed by atoms with Crippen LogP contribution in [0, 0.1) is 0 Å². The third-order valence-electron chi connectivity index (χ3n) is 8.06. The molecule has 3 nitrogen and oxygen atoms in total.